The molecule has 9 nitrogen and oxygen atoms in total. The van der Waals surface area contributed by atoms with Crippen LogP contribution in [0.3, 0.4) is 0 Å². The minimum Gasteiger partial charge on any atom is -0.468 e. The molecule has 0 radical (unpaired) electrons. The number of rotatable bonds is 11. The second kappa shape index (κ2) is 12.3. The molecule has 10 heteroatoms. The molecule has 1 unspecified atom stereocenters. The quantitative estimate of drug-likeness (QED) is 0.176. The number of benzene rings is 1. The molecule has 0 aliphatic carbocycles. The summed E-state index contributed by atoms with van der Waals surface area (Å²) >= 11 is 0. The van der Waals surface area contributed by atoms with E-state index in [1.807, 2.05) is 0 Å². The van der Waals surface area contributed by atoms with Gasteiger partial charge in [0.1, 0.15) is 19.4 Å². The normalized spacial score (nSPS) is 12.1. The van der Waals surface area contributed by atoms with Crippen molar-refractivity contribution >= 4 is 21.7 Å². The maximum atomic E-state index is 12.4. The summed E-state index contributed by atoms with van der Waals surface area (Å²) in [6.45, 7) is 0.999. The first-order valence-electron chi connectivity index (χ1n) is 7.96. The summed E-state index contributed by atoms with van der Waals surface area (Å²) in [6, 6.07) is 4.44. The van der Waals surface area contributed by atoms with E-state index in [0.717, 1.165) is 0 Å². The Balaban J connectivity index is 2.58. The summed E-state index contributed by atoms with van der Waals surface area (Å²) in [5.41, 5.74) is 5.97. The molecule has 1 rings (SSSR count). The highest BCUT2D eigenvalue weighted by atomic mass is 32.2. The maximum absolute atomic E-state index is 12.4. The van der Waals surface area contributed by atoms with Gasteiger partial charge in [0, 0.05) is 19.2 Å². The summed E-state index contributed by atoms with van der Waals surface area (Å²) in [7, 11) is -1.20. The zero-order valence-corrected chi connectivity index (χ0v) is 16.1. The molecule has 150 valence electrons. The van der Waals surface area contributed by atoms with E-state index in [9.17, 15) is 13.2 Å². The van der Waals surface area contributed by atoms with E-state index in [-0.39, 0.29) is 24.7 Å². The van der Waals surface area contributed by atoms with Gasteiger partial charge in [0.15, 0.2) is 0 Å². The largest absolute Gasteiger partial charge is 0.468 e. The molecule has 1 atom stereocenters. The van der Waals surface area contributed by atoms with E-state index in [1.165, 1.54) is 31.4 Å². The molecule has 0 heterocycles. The van der Waals surface area contributed by atoms with Crippen LogP contribution >= 0.6 is 0 Å². The first kappa shape index (κ1) is 22.9. The number of esters is 1. The smallest absolute Gasteiger partial charge is 0.324 e. The van der Waals surface area contributed by atoms with Crippen LogP contribution in [0.5, 0.6) is 0 Å². The van der Waals surface area contributed by atoms with Crippen LogP contribution in [-0.2, 0) is 33.8 Å². The topological polar surface area (TPSA) is 126 Å². The average molecular weight is 400 g/mol. The number of nitrogens with two attached hydrogens (primary N) is 1. The molecule has 1 aromatic rings. The Bertz CT molecular complexity index is 739. The van der Waals surface area contributed by atoms with E-state index in [2.05, 4.69) is 21.3 Å². The van der Waals surface area contributed by atoms with Gasteiger partial charge in [-0.2, -0.15) is 4.72 Å². The van der Waals surface area contributed by atoms with Crippen LogP contribution in [0.4, 0.5) is 5.69 Å². The van der Waals surface area contributed by atoms with Crippen molar-refractivity contribution in [2.45, 2.75) is 17.4 Å². The Morgan fingerprint density at radius 2 is 1.85 bits per heavy atom. The summed E-state index contributed by atoms with van der Waals surface area (Å²) in [4.78, 5) is 11.8. The Morgan fingerprint density at radius 1 is 1.15 bits per heavy atom. The van der Waals surface area contributed by atoms with Crippen LogP contribution in [0.1, 0.15) is 6.42 Å². The standard InChI is InChI=1S/C17H24N2O7S/c1-23-11-12-26-13-25-10-4-3-5-16(17(20)24-2)19-27(21,22)15-8-6-14(18)7-9-15/h6-9,16,19H,5,10-13,18H2,1-2H3. The number of anilines is 1. The second-order valence-electron chi connectivity index (χ2n) is 5.19. The predicted octanol–water partition coefficient (Wildman–Crippen LogP) is 0.119. The fourth-order valence-electron chi connectivity index (χ4n) is 1.80. The van der Waals surface area contributed by atoms with Crippen molar-refractivity contribution in [1.82, 2.24) is 4.72 Å². The first-order chi connectivity index (χ1) is 12.9. The number of nitrogen functional groups attached to an aromatic ring is 1. The molecule has 1 aromatic carbocycles. The molecule has 0 aliphatic rings. The number of sulfonamides is 1. The van der Waals surface area contributed by atoms with Crippen molar-refractivity contribution in [2.24, 2.45) is 0 Å². The third kappa shape index (κ3) is 8.85. The lowest BCUT2D eigenvalue weighted by Crippen LogP contribution is -2.41. The Morgan fingerprint density at radius 3 is 2.48 bits per heavy atom. The molecule has 27 heavy (non-hydrogen) atoms. The molecule has 0 saturated carbocycles. The van der Waals surface area contributed by atoms with Crippen molar-refractivity contribution in [2.75, 3.05) is 46.6 Å². The number of hydrogen-bond acceptors (Lipinski definition) is 8. The summed E-state index contributed by atoms with van der Waals surface area (Å²) in [6.07, 6.45) is -0.0746. The number of carbonyl (C=O) groups is 1. The lowest BCUT2D eigenvalue weighted by molar-refractivity contribution is -0.142. The number of ether oxygens (including phenoxy) is 4. The predicted molar refractivity (Wildman–Crippen MR) is 98.0 cm³/mol. The first-order valence-corrected chi connectivity index (χ1v) is 9.45. The number of hydrogen-bond donors (Lipinski definition) is 2. The van der Waals surface area contributed by atoms with Gasteiger partial charge < -0.3 is 24.7 Å². The second-order valence-corrected chi connectivity index (χ2v) is 6.91. The minimum atomic E-state index is -3.93. The van der Waals surface area contributed by atoms with E-state index in [4.69, 9.17) is 19.9 Å². The van der Waals surface area contributed by atoms with Crippen molar-refractivity contribution in [3.8, 4) is 11.8 Å². The molecular formula is C17H24N2O7S. The molecule has 0 spiro atoms. The van der Waals surface area contributed by atoms with Crippen molar-refractivity contribution in [3.05, 3.63) is 24.3 Å². The van der Waals surface area contributed by atoms with Crippen LogP contribution < -0.4 is 10.5 Å². The van der Waals surface area contributed by atoms with E-state index >= 15 is 0 Å². The highest BCUT2D eigenvalue weighted by Crippen LogP contribution is 2.12. The van der Waals surface area contributed by atoms with Crippen LogP contribution in [0, 0.1) is 11.8 Å². The van der Waals surface area contributed by atoms with Gasteiger partial charge in [-0.1, -0.05) is 11.8 Å². The summed E-state index contributed by atoms with van der Waals surface area (Å²) in [5.74, 6) is 4.62. The third-order valence-electron chi connectivity index (χ3n) is 3.18. The summed E-state index contributed by atoms with van der Waals surface area (Å²) in [5, 5.41) is 0. The molecule has 0 aliphatic heterocycles. The third-order valence-corrected chi connectivity index (χ3v) is 4.66. The molecule has 0 amide bonds. The van der Waals surface area contributed by atoms with Crippen molar-refractivity contribution in [1.29, 1.82) is 0 Å². The molecule has 3 N–H and O–H groups in total. The van der Waals surface area contributed by atoms with Crippen molar-refractivity contribution in [3.63, 3.8) is 0 Å². The highest BCUT2D eigenvalue weighted by molar-refractivity contribution is 7.89. The van der Waals surface area contributed by atoms with Gasteiger partial charge in [0.2, 0.25) is 10.0 Å². The van der Waals surface area contributed by atoms with Crippen LogP contribution in [0.25, 0.3) is 0 Å². The van der Waals surface area contributed by atoms with Crippen LogP contribution in [-0.4, -0.2) is 61.3 Å². The number of nitrogens with one attached hydrogen (secondary N) is 1. The van der Waals surface area contributed by atoms with E-state index in [0.29, 0.717) is 18.9 Å². The van der Waals surface area contributed by atoms with Gasteiger partial charge in [-0.3, -0.25) is 4.79 Å². The molecule has 0 aromatic heterocycles. The lowest BCUT2D eigenvalue weighted by atomic mass is 10.2. The zero-order valence-electron chi connectivity index (χ0n) is 15.3. The van der Waals surface area contributed by atoms with Crippen LogP contribution in [0.2, 0.25) is 0 Å². The van der Waals surface area contributed by atoms with Gasteiger partial charge in [0.25, 0.3) is 0 Å². The highest BCUT2D eigenvalue weighted by Gasteiger charge is 2.25. The minimum absolute atomic E-state index is 0.0184. The van der Waals surface area contributed by atoms with Gasteiger partial charge in [0.05, 0.1) is 25.2 Å². The zero-order chi connectivity index (χ0) is 20.1. The lowest BCUT2D eigenvalue weighted by Gasteiger charge is -2.14. The van der Waals surface area contributed by atoms with Gasteiger partial charge in [-0.25, -0.2) is 8.42 Å². The number of carbonyl (C=O) groups excluding carboxylic acids is 1. The Hall–Kier alpha value is -2.16. The maximum Gasteiger partial charge on any atom is 0.324 e. The molecule has 0 bridgehead atoms. The SMILES string of the molecule is COCCOCOCC#CCC(NS(=O)(=O)c1ccc(N)cc1)C(=O)OC. The molecular weight excluding hydrogens is 376 g/mol. The Kier molecular flexibility index (Phi) is 10.4. The van der Waals surface area contributed by atoms with E-state index < -0.39 is 22.0 Å². The van der Waals surface area contributed by atoms with Gasteiger partial charge in [-0.15, -0.1) is 0 Å². The average Bonchev–Trinajstić information content (AvgIpc) is 2.65. The van der Waals surface area contributed by atoms with Crippen LogP contribution in [0.15, 0.2) is 29.2 Å². The molecule has 0 saturated heterocycles. The Labute approximate surface area is 159 Å². The monoisotopic (exact) mass is 400 g/mol. The van der Waals surface area contributed by atoms with E-state index in [1.54, 1.807) is 7.11 Å². The fourth-order valence-corrected chi connectivity index (χ4v) is 2.98. The van der Waals surface area contributed by atoms with Crippen molar-refractivity contribution < 1.29 is 32.2 Å². The van der Waals surface area contributed by atoms with Gasteiger partial charge >= 0.3 is 5.97 Å². The van der Waals surface area contributed by atoms with Gasteiger partial charge in [-0.05, 0) is 24.3 Å². The molecule has 0 fully saturated rings. The fraction of sp³-hybridized carbons (Fsp3) is 0.471. The number of methoxy groups -OCH3 is 2. The summed E-state index contributed by atoms with van der Waals surface area (Å²) < 4.78 is 46.7.